The van der Waals surface area contributed by atoms with Crippen molar-refractivity contribution in [2.24, 2.45) is 0 Å². The molecular weight excluding hydrogens is 350 g/mol. The maximum absolute atomic E-state index is 13.5. The Balaban J connectivity index is 2.28. The van der Waals surface area contributed by atoms with Crippen molar-refractivity contribution in [2.45, 2.75) is 4.90 Å². The Morgan fingerprint density at radius 3 is 2.04 bits per heavy atom. The minimum Gasteiger partial charge on any atom is -0.284 e. The van der Waals surface area contributed by atoms with Gasteiger partial charge in [0.2, 0.25) is 10.0 Å². The van der Waals surface area contributed by atoms with Crippen LogP contribution in [-0.2, 0) is 20.0 Å². The molecule has 2 rings (SSSR count). The third-order valence-corrected chi connectivity index (χ3v) is 4.63. The minimum absolute atomic E-state index is 0.170. The molecule has 0 amide bonds. The standard InChI is InChI=1S/C13H12F2N2O4S2/c1-22(18,19)16-10-3-5-11(6-4-10)23(20,21)17-13-8-9(14)2-7-12(13)15/h2-8,16-17H,1H3. The average molecular weight is 362 g/mol. The second-order valence-corrected chi connectivity index (χ2v) is 8.06. The molecule has 10 heteroatoms. The van der Waals surface area contributed by atoms with Gasteiger partial charge in [-0.2, -0.15) is 0 Å². The Kier molecular flexibility index (Phi) is 4.57. The summed E-state index contributed by atoms with van der Waals surface area (Å²) in [5.74, 6) is -1.72. The average Bonchev–Trinajstić information content (AvgIpc) is 2.41. The number of sulfonamides is 2. The third-order valence-electron chi connectivity index (χ3n) is 2.64. The van der Waals surface area contributed by atoms with Gasteiger partial charge in [0.1, 0.15) is 11.6 Å². The van der Waals surface area contributed by atoms with Gasteiger partial charge < -0.3 is 0 Å². The van der Waals surface area contributed by atoms with Crippen LogP contribution >= 0.6 is 0 Å². The van der Waals surface area contributed by atoms with Crippen molar-refractivity contribution < 1.29 is 25.6 Å². The molecule has 0 fully saturated rings. The van der Waals surface area contributed by atoms with Crippen LogP contribution in [0.3, 0.4) is 0 Å². The molecule has 0 atom stereocenters. The molecule has 0 aliphatic rings. The van der Waals surface area contributed by atoms with Crippen LogP contribution in [0.2, 0.25) is 0 Å². The smallest absolute Gasteiger partial charge is 0.261 e. The molecule has 23 heavy (non-hydrogen) atoms. The molecule has 0 bridgehead atoms. The zero-order valence-electron chi connectivity index (χ0n) is 11.7. The molecule has 0 radical (unpaired) electrons. The van der Waals surface area contributed by atoms with Crippen molar-refractivity contribution in [3.05, 3.63) is 54.1 Å². The molecule has 0 spiro atoms. The number of anilines is 2. The summed E-state index contributed by atoms with van der Waals surface area (Å²) >= 11 is 0. The summed E-state index contributed by atoms with van der Waals surface area (Å²) in [5.41, 5.74) is -0.355. The number of hydrogen-bond donors (Lipinski definition) is 2. The van der Waals surface area contributed by atoms with Gasteiger partial charge in [0.15, 0.2) is 0 Å². The molecule has 6 nitrogen and oxygen atoms in total. The van der Waals surface area contributed by atoms with Crippen LogP contribution < -0.4 is 9.44 Å². The van der Waals surface area contributed by atoms with E-state index in [2.05, 4.69) is 4.72 Å². The Labute approximate surface area is 132 Å². The number of hydrogen-bond acceptors (Lipinski definition) is 4. The summed E-state index contributed by atoms with van der Waals surface area (Å²) in [5, 5.41) is 0. The second kappa shape index (κ2) is 6.13. The van der Waals surface area contributed by atoms with Crippen LogP contribution in [0.5, 0.6) is 0 Å². The Hall–Kier alpha value is -2.20. The van der Waals surface area contributed by atoms with Crippen molar-refractivity contribution in [3.8, 4) is 0 Å². The molecule has 0 unspecified atom stereocenters. The lowest BCUT2D eigenvalue weighted by atomic mass is 10.3. The predicted molar refractivity (Wildman–Crippen MR) is 82.1 cm³/mol. The van der Waals surface area contributed by atoms with E-state index in [4.69, 9.17) is 0 Å². The summed E-state index contributed by atoms with van der Waals surface area (Å²) in [4.78, 5) is -0.236. The molecule has 2 aromatic carbocycles. The lowest BCUT2D eigenvalue weighted by Gasteiger charge is -2.10. The number of halogens is 2. The van der Waals surface area contributed by atoms with E-state index in [1.54, 1.807) is 0 Å². The molecule has 124 valence electrons. The highest BCUT2D eigenvalue weighted by Gasteiger charge is 2.17. The van der Waals surface area contributed by atoms with Crippen LogP contribution in [0.15, 0.2) is 47.4 Å². The maximum atomic E-state index is 13.5. The van der Waals surface area contributed by atoms with Gasteiger partial charge in [-0.05, 0) is 36.4 Å². The zero-order chi connectivity index (χ0) is 17.3. The van der Waals surface area contributed by atoms with Crippen LogP contribution in [0, 0.1) is 11.6 Å². The molecule has 0 saturated heterocycles. The molecule has 2 aromatic rings. The highest BCUT2D eigenvalue weighted by molar-refractivity contribution is 7.92. The second-order valence-electron chi connectivity index (χ2n) is 4.63. The van der Waals surface area contributed by atoms with Crippen molar-refractivity contribution in [2.75, 3.05) is 15.7 Å². The van der Waals surface area contributed by atoms with Gasteiger partial charge in [-0.25, -0.2) is 25.6 Å². The van der Waals surface area contributed by atoms with Gasteiger partial charge in [0.05, 0.1) is 16.8 Å². The van der Waals surface area contributed by atoms with Gasteiger partial charge in [0, 0.05) is 11.8 Å². The number of benzene rings is 2. The molecule has 0 heterocycles. The summed E-state index contributed by atoms with van der Waals surface area (Å²) in [6.45, 7) is 0. The van der Waals surface area contributed by atoms with Crippen molar-refractivity contribution >= 4 is 31.4 Å². The first kappa shape index (κ1) is 17.2. The van der Waals surface area contributed by atoms with E-state index in [-0.39, 0.29) is 10.6 Å². The van der Waals surface area contributed by atoms with Crippen LogP contribution in [0.25, 0.3) is 0 Å². The van der Waals surface area contributed by atoms with Crippen molar-refractivity contribution in [3.63, 3.8) is 0 Å². The molecular formula is C13H12F2N2O4S2. The lowest BCUT2D eigenvalue weighted by Crippen LogP contribution is -2.14. The van der Waals surface area contributed by atoms with E-state index in [0.29, 0.717) is 6.07 Å². The van der Waals surface area contributed by atoms with Gasteiger partial charge in [-0.3, -0.25) is 9.44 Å². The van der Waals surface area contributed by atoms with Gasteiger partial charge in [-0.15, -0.1) is 0 Å². The summed E-state index contributed by atoms with van der Waals surface area (Å²) in [6.07, 6.45) is 0.950. The highest BCUT2D eigenvalue weighted by atomic mass is 32.2. The Morgan fingerprint density at radius 1 is 0.870 bits per heavy atom. The summed E-state index contributed by atoms with van der Waals surface area (Å²) < 4.78 is 77.1. The normalized spacial score (nSPS) is 12.0. The largest absolute Gasteiger partial charge is 0.284 e. The minimum atomic E-state index is -4.15. The zero-order valence-corrected chi connectivity index (χ0v) is 13.4. The topological polar surface area (TPSA) is 92.3 Å². The molecule has 0 saturated carbocycles. The van der Waals surface area contributed by atoms with E-state index in [1.807, 2.05) is 4.72 Å². The Bertz CT molecular complexity index is 927. The fourth-order valence-corrected chi connectivity index (χ4v) is 3.32. The first-order valence-electron chi connectivity index (χ1n) is 6.12. The predicted octanol–water partition coefficient (Wildman–Crippen LogP) is 2.14. The first-order chi connectivity index (χ1) is 10.6. The highest BCUT2D eigenvalue weighted by Crippen LogP contribution is 2.21. The van der Waals surface area contributed by atoms with Crippen molar-refractivity contribution in [1.29, 1.82) is 0 Å². The number of nitrogens with one attached hydrogen (secondary N) is 2. The number of rotatable bonds is 5. The van der Waals surface area contributed by atoms with E-state index in [9.17, 15) is 25.6 Å². The fourth-order valence-electron chi connectivity index (χ4n) is 1.70. The molecule has 2 N–H and O–H groups in total. The Morgan fingerprint density at radius 2 is 1.48 bits per heavy atom. The molecule has 0 aromatic heterocycles. The van der Waals surface area contributed by atoms with Crippen LogP contribution in [0.4, 0.5) is 20.2 Å². The first-order valence-corrected chi connectivity index (χ1v) is 9.50. The summed E-state index contributed by atoms with van der Waals surface area (Å²) in [6, 6.07) is 7.10. The van der Waals surface area contributed by atoms with Gasteiger partial charge >= 0.3 is 0 Å². The van der Waals surface area contributed by atoms with Gasteiger partial charge in [0.25, 0.3) is 10.0 Å². The SMILES string of the molecule is CS(=O)(=O)Nc1ccc(S(=O)(=O)Nc2cc(F)ccc2F)cc1. The fraction of sp³-hybridized carbons (Fsp3) is 0.0769. The van der Waals surface area contributed by atoms with E-state index >= 15 is 0 Å². The maximum Gasteiger partial charge on any atom is 0.261 e. The molecule has 0 aliphatic carbocycles. The summed E-state index contributed by atoms with van der Waals surface area (Å²) in [7, 11) is -7.64. The van der Waals surface area contributed by atoms with Crippen LogP contribution in [-0.4, -0.2) is 23.1 Å². The van der Waals surface area contributed by atoms with E-state index in [0.717, 1.165) is 30.5 Å². The third kappa shape index (κ3) is 4.63. The van der Waals surface area contributed by atoms with E-state index in [1.165, 1.54) is 12.1 Å². The van der Waals surface area contributed by atoms with Crippen molar-refractivity contribution in [1.82, 2.24) is 0 Å². The van der Waals surface area contributed by atoms with Gasteiger partial charge in [-0.1, -0.05) is 0 Å². The van der Waals surface area contributed by atoms with Crippen LogP contribution in [0.1, 0.15) is 0 Å². The lowest BCUT2D eigenvalue weighted by molar-refractivity contribution is 0.594. The molecule has 0 aliphatic heterocycles. The van der Waals surface area contributed by atoms with E-state index < -0.39 is 37.4 Å². The monoisotopic (exact) mass is 362 g/mol. The quantitative estimate of drug-likeness (QED) is 0.852.